The molecule has 0 amide bonds. The molecule has 0 saturated heterocycles. The summed E-state index contributed by atoms with van der Waals surface area (Å²) in [4.78, 5) is 5.04. The molecule has 0 fully saturated rings. The van der Waals surface area contributed by atoms with E-state index in [0.717, 1.165) is 39.3 Å². The number of rotatable bonds is 8. The third-order valence-electron chi connectivity index (χ3n) is 9.74. The summed E-state index contributed by atoms with van der Waals surface area (Å²) in [5.41, 5.74) is 16.1. The zero-order valence-electron chi connectivity index (χ0n) is 34.9. The Morgan fingerprint density at radius 3 is 1.53 bits per heavy atom. The topological polar surface area (TPSA) is 17.8 Å². The SMILES string of the molecule is C=C/C=C(\C=C)c1cc(-c2cc(C)ccc2-n2c3ccccc3c3ccccc32)cc(-c2ccccc2)n1.C=CC.C=CC=C.Cc1ccccc1-c1ccccc1C. The van der Waals surface area contributed by atoms with Gasteiger partial charge in [-0.3, -0.25) is 0 Å². The number of hydrogen-bond acceptors (Lipinski definition) is 1. The minimum Gasteiger partial charge on any atom is -0.309 e. The molecule has 0 aliphatic heterocycles. The van der Waals surface area contributed by atoms with E-state index >= 15 is 0 Å². The maximum absolute atomic E-state index is 5.04. The normalized spacial score (nSPS) is 10.5. The van der Waals surface area contributed by atoms with Gasteiger partial charge in [-0.1, -0.05) is 190 Å². The van der Waals surface area contributed by atoms with Crippen molar-refractivity contribution in [3.05, 3.63) is 249 Å². The Morgan fingerprint density at radius 2 is 1.02 bits per heavy atom. The molecule has 0 unspecified atom stereocenters. The van der Waals surface area contributed by atoms with Gasteiger partial charge in [0, 0.05) is 21.9 Å². The highest BCUT2D eigenvalue weighted by Crippen LogP contribution is 2.38. The van der Waals surface area contributed by atoms with Crippen molar-refractivity contribution in [3.8, 4) is 39.2 Å². The average molecular weight is 767 g/mol. The lowest BCUT2D eigenvalue weighted by atomic mass is 9.97. The molecule has 0 saturated carbocycles. The van der Waals surface area contributed by atoms with E-state index in [-0.39, 0.29) is 0 Å². The molecule has 8 aromatic rings. The molecule has 0 aliphatic rings. The van der Waals surface area contributed by atoms with Crippen molar-refractivity contribution in [2.24, 2.45) is 0 Å². The van der Waals surface area contributed by atoms with E-state index < -0.39 is 0 Å². The summed E-state index contributed by atoms with van der Waals surface area (Å²) in [6, 6.07) is 55.7. The summed E-state index contributed by atoms with van der Waals surface area (Å²) < 4.78 is 2.38. The third-order valence-corrected chi connectivity index (χ3v) is 9.74. The lowest BCUT2D eigenvalue weighted by Gasteiger charge is -2.17. The van der Waals surface area contributed by atoms with Crippen molar-refractivity contribution in [2.75, 3.05) is 0 Å². The van der Waals surface area contributed by atoms with Crippen LogP contribution in [0.2, 0.25) is 0 Å². The van der Waals surface area contributed by atoms with Crippen molar-refractivity contribution in [1.82, 2.24) is 9.55 Å². The molecular weight excluding hydrogens is 713 g/mol. The molecule has 292 valence electrons. The predicted octanol–water partition coefficient (Wildman–Crippen LogP) is 16.1. The molecule has 0 radical (unpaired) electrons. The largest absolute Gasteiger partial charge is 0.309 e. The van der Waals surface area contributed by atoms with Crippen LogP contribution < -0.4 is 0 Å². The Bertz CT molecular complexity index is 2640. The quantitative estimate of drug-likeness (QED) is 0.111. The van der Waals surface area contributed by atoms with Gasteiger partial charge in [-0.05, 0) is 97.5 Å². The highest BCUT2D eigenvalue weighted by molar-refractivity contribution is 6.09. The number of benzene rings is 6. The van der Waals surface area contributed by atoms with Gasteiger partial charge in [-0.2, -0.15) is 0 Å². The highest BCUT2D eigenvalue weighted by Gasteiger charge is 2.17. The lowest BCUT2D eigenvalue weighted by molar-refractivity contribution is 1.17. The van der Waals surface area contributed by atoms with Crippen molar-refractivity contribution >= 4 is 27.4 Å². The fraction of sp³-hybridized carbons (Fsp3) is 0.0702. The van der Waals surface area contributed by atoms with E-state index in [1.807, 2.05) is 37.3 Å². The summed E-state index contributed by atoms with van der Waals surface area (Å²) in [7, 11) is 0. The van der Waals surface area contributed by atoms with Crippen molar-refractivity contribution < 1.29 is 0 Å². The van der Waals surface area contributed by atoms with Gasteiger partial charge < -0.3 is 4.57 Å². The fourth-order valence-electron chi connectivity index (χ4n) is 6.98. The molecular formula is C57H54N2. The molecule has 0 bridgehead atoms. The van der Waals surface area contributed by atoms with Gasteiger partial charge in [0.2, 0.25) is 0 Å². The van der Waals surface area contributed by atoms with E-state index in [9.17, 15) is 0 Å². The van der Waals surface area contributed by atoms with Crippen LogP contribution in [0.15, 0.2) is 227 Å². The van der Waals surface area contributed by atoms with Crippen LogP contribution in [0.5, 0.6) is 0 Å². The molecule has 0 atom stereocenters. The number of aryl methyl sites for hydroxylation is 3. The van der Waals surface area contributed by atoms with Crippen molar-refractivity contribution in [3.63, 3.8) is 0 Å². The van der Waals surface area contributed by atoms with Gasteiger partial charge in [0.15, 0.2) is 0 Å². The first-order chi connectivity index (χ1) is 28.8. The lowest BCUT2D eigenvalue weighted by Crippen LogP contribution is -1.99. The average Bonchev–Trinajstić information content (AvgIpc) is 3.61. The Labute approximate surface area is 351 Å². The Hall–Kier alpha value is -7.29. The highest BCUT2D eigenvalue weighted by atomic mass is 15.0. The molecule has 0 aliphatic carbocycles. The number of fused-ring (bicyclic) bond motifs is 3. The summed E-state index contributed by atoms with van der Waals surface area (Å²) in [6.45, 7) is 26.4. The Balaban J connectivity index is 0.000000259. The molecule has 2 nitrogen and oxygen atoms in total. The van der Waals surface area contributed by atoms with E-state index in [2.05, 4.69) is 198 Å². The summed E-state index contributed by atoms with van der Waals surface area (Å²) in [6.07, 6.45) is 10.6. The summed E-state index contributed by atoms with van der Waals surface area (Å²) >= 11 is 0. The van der Waals surface area contributed by atoms with E-state index in [1.165, 1.54) is 49.6 Å². The van der Waals surface area contributed by atoms with Crippen LogP contribution in [-0.4, -0.2) is 9.55 Å². The number of para-hydroxylation sites is 2. The van der Waals surface area contributed by atoms with Gasteiger partial charge >= 0.3 is 0 Å². The summed E-state index contributed by atoms with van der Waals surface area (Å²) in [5, 5.41) is 2.50. The molecule has 2 heterocycles. The van der Waals surface area contributed by atoms with Crippen LogP contribution >= 0.6 is 0 Å². The third kappa shape index (κ3) is 10.4. The van der Waals surface area contributed by atoms with Gasteiger partial charge in [0.05, 0.1) is 28.1 Å². The first-order valence-corrected chi connectivity index (χ1v) is 19.8. The Kier molecular flexibility index (Phi) is 15.5. The molecule has 6 aromatic carbocycles. The summed E-state index contributed by atoms with van der Waals surface area (Å²) in [5.74, 6) is 0. The zero-order chi connectivity index (χ0) is 42.1. The number of allylic oxidation sites excluding steroid dienone is 7. The predicted molar refractivity (Wildman–Crippen MR) is 260 cm³/mol. The van der Waals surface area contributed by atoms with Crippen LogP contribution in [0.4, 0.5) is 0 Å². The van der Waals surface area contributed by atoms with E-state index in [4.69, 9.17) is 4.98 Å². The van der Waals surface area contributed by atoms with Crippen LogP contribution in [0.1, 0.15) is 29.3 Å². The maximum atomic E-state index is 5.04. The maximum Gasteiger partial charge on any atom is 0.0715 e. The van der Waals surface area contributed by atoms with Crippen LogP contribution in [-0.2, 0) is 0 Å². The van der Waals surface area contributed by atoms with Crippen LogP contribution in [0, 0.1) is 20.8 Å². The van der Waals surface area contributed by atoms with Crippen LogP contribution in [0.25, 0.3) is 66.6 Å². The first kappa shape index (κ1) is 42.8. The molecule has 0 spiro atoms. The number of pyridine rings is 1. The number of nitrogens with zero attached hydrogens (tertiary/aromatic N) is 2. The van der Waals surface area contributed by atoms with Gasteiger partial charge in [-0.25, -0.2) is 4.98 Å². The minimum atomic E-state index is 0.867. The Morgan fingerprint density at radius 1 is 0.508 bits per heavy atom. The van der Waals surface area contributed by atoms with Gasteiger partial charge in [-0.15, -0.1) is 6.58 Å². The zero-order valence-corrected chi connectivity index (χ0v) is 34.9. The smallest absolute Gasteiger partial charge is 0.0715 e. The molecule has 8 rings (SSSR count). The number of aromatic nitrogens is 2. The second-order valence-corrected chi connectivity index (χ2v) is 14.0. The van der Waals surface area contributed by atoms with E-state index in [1.54, 1.807) is 24.3 Å². The fourth-order valence-corrected chi connectivity index (χ4v) is 6.98. The molecule has 2 heteroatoms. The van der Waals surface area contributed by atoms with E-state index in [0.29, 0.717) is 0 Å². The molecule has 59 heavy (non-hydrogen) atoms. The second kappa shape index (κ2) is 21.3. The monoisotopic (exact) mass is 766 g/mol. The van der Waals surface area contributed by atoms with Crippen molar-refractivity contribution in [2.45, 2.75) is 27.7 Å². The molecule has 2 aromatic heterocycles. The van der Waals surface area contributed by atoms with Crippen molar-refractivity contribution in [1.29, 1.82) is 0 Å². The first-order valence-electron chi connectivity index (χ1n) is 19.8. The van der Waals surface area contributed by atoms with Gasteiger partial charge in [0.25, 0.3) is 0 Å². The molecule has 0 N–H and O–H groups in total. The number of hydrogen-bond donors (Lipinski definition) is 0. The van der Waals surface area contributed by atoms with Crippen LogP contribution in [0.3, 0.4) is 0 Å². The minimum absolute atomic E-state index is 0.867. The van der Waals surface area contributed by atoms with Gasteiger partial charge in [0.1, 0.15) is 0 Å². The second-order valence-electron chi connectivity index (χ2n) is 14.0. The standard InChI is InChI=1S/C36H28N2.C14H14.C4H6.C3H6/c1-4-13-26(5-2)32-23-28(24-33(37-32)27-14-7-6-8-15-27)31-22-25(3)20-21-36(31)38-34-18-11-9-16-29(34)30-17-10-12-19-35(30)38;1-11-7-3-5-9-13(11)14-10-6-4-8-12(14)2;1-3-4-2;1-3-2/h4-24H,1-2H2,3H3;3-10H,1-2H3;3-4H,1-2H2;3H,1H2,2H3/b26-13+;;;.